The fourth-order valence-electron chi connectivity index (χ4n) is 5.94. The van der Waals surface area contributed by atoms with E-state index >= 15 is 0 Å². The van der Waals surface area contributed by atoms with E-state index in [1.165, 1.54) is 24.0 Å². The van der Waals surface area contributed by atoms with Crippen molar-refractivity contribution < 1.29 is 17.7 Å². The summed E-state index contributed by atoms with van der Waals surface area (Å²) in [5, 5.41) is 4.11. The van der Waals surface area contributed by atoms with Gasteiger partial charge in [0.25, 0.3) is 11.4 Å². The van der Waals surface area contributed by atoms with Crippen LogP contribution in [0.25, 0.3) is 6.08 Å². The smallest absolute Gasteiger partial charge is 0.302 e. The highest BCUT2D eigenvalue weighted by atomic mass is 32.2. The number of rotatable bonds is 5. The van der Waals surface area contributed by atoms with Crippen molar-refractivity contribution in [3.63, 3.8) is 0 Å². The Morgan fingerprint density at radius 2 is 1.75 bits per heavy atom. The first-order valence-corrected chi connectivity index (χ1v) is 13.9. The number of nitrogens with zero attached hydrogens (tertiary/aromatic N) is 4. The number of alkyl halides is 3. The van der Waals surface area contributed by atoms with Gasteiger partial charge < -0.3 is 4.90 Å². The third-order valence-electron chi connectivity index (χ3n) is 7.82. The van der Waals surface area contributed by atoms with Crippen molar-refractivity contribution in [1.29, 1.82) is 0 Å². The van der Waals surface area contributed by atoms with Crippen LogP contribution in [0.5, 0.6) is 0 Å². The average Bonchev–Trinajstić information content (AvgIpc) is 3.45. The summed E-state index contributed by atoms with van der Waals surface area (Å²) in [5.74, 6) is 0. The lowest BCUT2D eigenvalue weighted by molar-refractivity contribution is -0.142. The molecular weight excluding hydrogens is 485 g/mol. The molecule has 1 N–H and O–H groups in total. The molecule has 0 spiro atoms. The Labute approximate surface area is 214 Å². The highest BCUT2D eigenvalue weighted by Crippen LogP contribution is 2.46. The van der Waals surface area contributed by atoms with Crippen LogP contribution in [-0.2, 0) is 29.7 Å². The summed E-state index contributed by atoms with van der Waals surface area (Å²) in [4.78, 5) is 3.39. The van der Waals surface area contributed by atoms with Crippen LogP contribution in [-0.4, -0.2) is 62.4 Å². The normalized spacial score (nSPS) is 24.4. The standard InChI is InChI=1S/C27H36F3N4OS/c1-25(2,3)21-6-8-23(9-7-21)36(35)33-13-10-22-14-24-20(16-31-34(24)19-27(28,29)30)15-26(22,18-33)17-32-11-4-5-12-32/h6-9,14,16,35H,4-5,10-13,15,17-19H2,1-3H3/q+1. The zero-order chi connectivity index (χ0) is 25.7. The van der Waals surface area contributed by atoms with Crippen molar-refractivity contribution in [2.75, 3.05) is 32.7 Å². The predicted octanol–water partition coefficient (Wildman–Crippen LogP) is 5.54. The molecule has 2 atom stereocenters. The molecule has 2 fully saturated rings. The number of likely N-dealkylation sites (tertiary alicyclic amines) is 1. The minimum absolute atomic E-state index is 0.0492. The van der Waals surface area contributed by atoms with E-state index in [9.17, 15) is 17.7 Å². The van der Waals surface area contributed by atoms with Gasteiger partial charge in [-0.1, -0.05) is 42.8 Å². The zero-order valence-electron chi connectivity index (χ0n) is 21.3. The fraction of sp³-hybridized carbons (Fsp3) is 0.593. The van der Waals surface area contributed by atoms with Crippen LogP contribution in [0.2, 0.25) is 0 Å². The third kappa shape index (κ3) is 5.26. The van der Waals surface area contributed by atoms with Crippen LogP contribution in [0, 0.1) is 5.41 Å². The number of fused-ring (bicyclic) bond motifs is 2. The Morgan fingerprint density at radius 3 is 2.39 bits per heavy atom. The lowest BCUT2D eigenvalue weighted by Gasteiger charge is -2.46. The SMILES string of the molecule is CC(C)(C)c1ccc([S+](O)N2CCC3=Cc4c(cnn4CC(F)(F)F)CC3(CN3CCCC3)C2)cc1. The van der Waals surface area contributed by atoms with Gasteiger partial charge in [-0.3, -0.25) is 4.68 Å². The quantitative estimate of drug-likeness (QED) is 0.525. The summed E-state index contributed by atoms with van der Waals surface area (Å²) in [6.45, 7) is 9.78. The fourth-order valence-corrected chi connectivity index (χ4v) is 7.25. The van der Waals surface area contributed by atoms with Gasteiger partial charge in [0.2, 0.25) is 4.90 Å². The largest absolute Gasteiger partial charge is 0.408 e. The second-order valence-corrected chi connectivity index (χ2v) is 13.1. The molecule has 5 rings (SSSR count). The van der Waals surface area contributed by atoms with Crippen molar-refractivity contribution in [1.82, 2.24) is 19.0 Å². The third-order valence-corrected chi connectivity index (χ3v) is 9.31. The molecule has 1 aliphatic carbocycles. The number of halogens is 3. The molecule has 0 bridgehead atoms. The number of hydrogen-bond acceptors (Lipinski definition) is 4. The maximum absolute atomic E-state index is 13.1. The molecule has 36 heavy (non-hydrogen) atoms. The van der Waals surface area contributed by atoms with Crippen LogP contribution in [0.3, 0.4) is 0 Å². The lowest BCUT2D eigenvalue weighted by Crippen LogP contribution is -2.53. The topological polar surface area (TPSA) is 44.5 Å². The van der Waals surface area contributed by atoms with Crippen molar-refractivity contribution in [3.8, 4) is 0 Å². The van der Waals surface area contributed by atoms with Gasteiger partial charge in [-0.25, -0.2) is 0 Å². The van der Waals surface area contributed by atoms with Gasteiger partial charge in [0, 0.05) is 12.0 Å². The number of piperidine rings is 1. The number of benzene rings is 1. The minimum atomic E-state index is -4.31. The Bertz CT molecular complexity index is 1120. The first kappa shape index (κ1) is 25.8. The van der Waals surface area contributed by atoms with E-state index in [1.54, 1.807) is 6.20 Å². The monoisotopic (exact) mass is 521 g/mol. The highest BCUT2D eigenvalue weighted by molar-refractivity contribution is 7.89. The molecule has 1 aromatic carbocycles. The Morgan fingerprint density at radius 1 is 1.06 bits per heavy atom. The average molecular weight is 522 g/mol. The zero-order valence-corrected chi connectivity index (χ0v) is 22.1. The molecule has 0 saturated carbocycles. The van der Waals surface area contributed by atoms with Crippen LogP contribution >= 0.6 is 0 Å². The van der Waals surface area contributed by atoms with E-state index in [0.29, 0.717) is 25.2 Å². The van der Waals surface area contributed by atoms with Crippen molar-refractivity contribution in [3.05, 3.63) is 52.9 Å². The Hall–Kier alpha value is -1.81. The molecular formula is C27H36F3N4OS+. The molecule has 3 heterocycles. The van der Waals surface area contributed by atoms with Gasteiger partial charge in [0.05, 0.1) is 25.0 Å². The van der Waals surface area contributed by atoms with E-state index in [4.69, 9.17) is 0 Å². The second kappa shape index (κ2) is 9.49. The van der Waals surface area contributed by atoms with Gasteiger partial charge in [0.1, 0.15) is 6.54 Å². The van der Waals surface area contributed by atoms with Crippen molar-refractivity contribution >= 4 is 17.4 Å². The first-order valence-electron chi connectivity index (χ1n) is 12.8. The maximum atomic E-state index is 13.1. The van der Waals surface area contributed by atoms with Crippen molar-refractivity contribution in [2.45, 2.75) is 69.5 Å². The van der Waals surface area contributed by atoms with E-state index in [-0.39, 0.29) is 10.8 Å². The summed E-state index contributed by atoms with van der Waals surface area (Å²) >= 11 is -1.05. The summed E-state index contributed by atoms with van der Waals surface area (Å²) in [6.07, 6.45) is 3.02. The highest BCUT2D eigenvalue weighted by Gasteiger charge is 2.49. The molecule has 0 radical (unpaired) electrons. The molecule has 9 heteroatoms. The van der Waals surface area contributed by atoms with E-state index in [0.717, 1.165) is 41.2 Å². The number of aromatic nitrogens is 2. The van der Waals surface area contributed by atoms with Gasteiger partial charge >= 0.3 is 6.18 Å². The Kier molecular flexibility index (Phi) is 6.81. The molecule has 3 aliphatic rings. The van der Waals surface area contributed by atoms with E-state index in [1.807, 2.05) is 18.2 Å². The van der Waals surface area contributed by atoms with Gasteiger partial charge in [-0.2, -0.15) is 22.8 Å². The predicted molar refractivity (Wildman–Crippen MR) is 138 cm³/mol. The van der Waals surface area contributed by atoms with E-state index < -0.39 is 24.1 Å². The van der Waals surface area contributed by atoms with Gasteiger partial charge in [0.15, 0.2) is 0 Å². The second-order valence-electron chi connectivity index (χ2n) is 11.6. The molecule has 1 aromatic heterocycles. The van der Waals surface area contributed by atoms with Crippen LogP contribution in [0.1, 0.15) is 56.9 Å². The Balaban J connectivity index is 1.43. The molecule has 2 aliphatic heterocycles. The summed E-state index contributed by atoms with van der Waals surface area (Å²) < 4.78 is 54.1. The van der Waals surface area contributed by atoms with Crippen LogP contribution in [0.4, 0.5) is 13.2 Å². The summed E-state index contributed by atoms with van der Waals surface area (Å²) in [5.41, 5.74) is 3.70. The summed E-state index contributed by atoms with van der Waals surface area (Å²) in [7, 11) is 0. The molecule has 2 aromatic rings. The van der Waals surface area contributed by atoms with Crippen molar-refractivity contribution in [2.24, 2.45) is 5.41 Å². The molecule has 0 amide bonds. The minimum Gasteiger partial charge on any atom is -0.302 e. The van der Waals surface area contributed by atoms with Crippen LogP contribution in [0.15, 0.2) is 40.9 Å². The molecule has 5 nitrogen and oxygen atoms in total. The van der Waals surface area contributed by atoms with Gasteiger partial charge in [-0.15, -0.1) is 0 Å². The lowest BCUT2D eigenvalue weighted by atomic mass is 9.68. The maximum Gasteiger partial charge on any atom is 0.408 e. The van der Waals surface area contributed by atoms with Gasteiger partial charge in [-0.05, 0) is 73.5 Å². The molecule has 2 unspecified atom stereocenters. The van der Waals surface area contributed by atoms with E-state index in [2.05, 4.69) is 47.2 Å². The summed E-state index contributed by atoms with van der Waals surface area (Å²) in [6, 6.07) is 8.26. The molecule has 2 saturated heterocycles. The first-order chi connectivity index (χ1) is 16.9. The molecule has 196 valence electrons. The van der Waals surface area contributed by atoms with Crippen LogP contribution < -0.4 is 0 Å². The number of hydrogen-bond donors (Lipinski definition) is 1.